The Bertz CT molecular complexity index is 1140. The second-order valence-corrected chi connectivity index (χ2v) is 9.61. The number of piperazine rings is 1. The first-order chi connectivity index (χ1) is 17.8. The first kappa shape index (κ1) is 27.8. The number of allylic oxidation sites excluding steroid dienone is 4. The molecule has 2 aliphatic heterocycles. The van der Waals surface area contributed by atoms with E-state index < -0.39 is 0 Å². The lowest BCUT2D eigenvalue weighted by atomic mass is 10.1. The molecule has 0 bridgehead atoms. The topological polar surface area (TPSA) is 64.8 Å². The molecule has 0 spiro atoms. The fourth-order valence-corrected chi connectivity index (χ4v) is 4.27. The molecule has 0 saturated carbocycles. The zero-order valence-corrected chi connectivity index (χ0v) is 22.7. The van der Waals surface area contributed by atoms with Crippen molar-refractivity contribution in [3.63, 3.8) is 0 Å². The normalized spacial score (nSPS) is 16.0. The van der Waals surface area contributed by atoms with Gasteiger partial charge >= 0.3 is 0 Å². The quantitative estimate of drug-likeness (QED) is 0.519. The van der Waals surface area contributed by atoms with Crippen molar-refractivity contribution in [3.8, 4) is 0 Å². The van der Waals surface area contributed by atoms with Crippen LogP contribution in [0.3, 0.4) is 0 Å². The Morgan fingerprint density at radius 1 is 0.919 bits per heavy atom. The lowest BCUT2D eigenvalue weighted by Gasteiger charge is -2.37. The van der Waals surface area contributed by atoms with Gasteiger partial charge < -0.3 is 25.8 Å². The number of benzene rings is 2. The lowest BCUT2D eigenvalue weighted by Crippen LogP contribution is -2.46. The summed E-state index contributed by atoms with van der Waals surface area (Å²) in [5.74, 6) is 0. The molecule has 4 rings (SSSR count). The maximum absolute atomic E-state index is 10.3. The monoisotopic (exact) mass is 499 g/mol. The highest BCUT2D eigenvalue weighted by Crippen LogP contribution is 2.23. The maximum Gasteiger partial charge on any atom is 0.207 e. The number of rotatable bonds is 7. The summed E-state index contributed by atoms with van der Waals surface area (Å²) >= 11 is 0. The van der Waals surface area contributed by atoms with Crippen LogP contribution in [-0.2, 0) is 11.3 Å². The van der Waals surface area contributed by atoms with Crippen LogP contribution >= 0.6 is 0 Å². The summed E-state index contributed by atoms with van der Waals surface area (Å²) in [6, 6.07) is 17.2. The van der Waals surface area contributed by atoms with Crippen molar-refractivity contribution in [1.29, 1.82) is 0 Å². The van der Waals surface area contributed by atoms with Gasteiger partial charge in [-0.25, -0.2) is 0 Å². The van der Waals surface area contributed by atoms with Gasteiger partial charge in [-0.05, 0) is 74.7 Å². The summed E-state index contributed by atoms with van der Waals surface area (Å²) < 4.78 is 0. The van der Waals surface area contributed by atoms with E-state index in [0.717, 1.165) is 43.8 Å². The average molecular weight is 500 g/mol. The molecule has 0 radical (unpaired) electrons. The summed E-state index contributed by atoms with van der Waals surface area (Å²) in [6.45, 7) is 17.6. The first-order valence-corrected chi connectivity index (χ1v) is 12.9. The lowest BCUT2D eigenvalue weighted by molar-refractivity contribution is -0.109. The van der Waals surface area contributed by atoms with Crippen LogP contribution in [0.1, 0.15) is 31.9 Å². The number of amides is 1. The minimum atomic E-state index is 0.588. The number of aryl methyl sites for hydroxylation is 1. The van der Waals surface area contributed by atoms with Crippen molar-refractivity contribution < 1.29 is 4.79 Å². The Balaban J connectivity index is 0.000000233. The van der Waals surface area contributed by atoms with Gasteiger partial charge in [-0.3, -0.25) is 4.79 Å². The highest BCUT2D eigenvalue weighted by atomic mass is 16.1. The fraction of sp³-hybridized carbons (Fsp3) is 0.323. The summed E-state index contributed by atoms with van der Waals surface area (Å²) in [4.78, 5) is 17.3. The SMILES string of the molecule is C=C1C=CC(C)=CN1/C(C)=C(\C)CN.Cc1ccc(N2CCN(c3ccc(CNC=O)cc3)CC2)cc1. The predicted octanol–water partition coefficient (Wildman–Crippen LogP) is 5.10. The molecule has 6 heteroatoms. The standard InChI is InChI=1S/C19H23N3O.C12H18N2/c1-16-2-6-18(7-3-16)21-10-12-22(13-11-21)19-8-4-17(5-9-19)14-20-15-23;1-9-5-6-11(3)14(8-9)12(4)10(2)7-13/h2-9,15H,10-14H2,1H3,(H,20,23);5-6,8H,3,7,13H2,1-2,4H3/b;12-10+. The van der Waals surface area contributed by atoms with Crippen molar-refractivity contribution in [2.45, 2.75) is 34.2 Å². The summed E-state index contributed by atoms with van der Waals surface area (Å²) in [7, 11) is 0. The van der Waals surface area contributed by atoms with Gasteiger partial charge in [-0.1, -0.05) is 42.5 Å². The molecule has 2 heterocycles. The van der Waals surface area contributed by atoms with Crippen LogP contribution in [0, 0.1) is 6.92 Å². The number of hydrogen-bond donors (Lipinski definition) is 2. The second-order valence-electron chi connectivity index (χ2n) is 9.61. The summed E-state index contributed by atoms with van der Waals surface area (Å²) in [6.07, 6.45) is 6.89. The number of hydrogen-bond acceptors (Lipinski definition) is 5. The van der Waals surface area contributed by atoms with Crippen molar-refractivity contribution in [2.24, 2.45) is 5.73 Å². The van der Waals surface area contributed by atoms with Crippen LogP contribution in [0.25, 0.3) is 0 Å². The molecule has 1 fully saturated rings. The van der Waals surface area contributed by atoms with Crippen molar-refractivity contribution in [3.05, 3.63) is 107 Å². The highest BCUT2D eigenvalue weighted by molar-refractivity contribution is 5.53. The molecule has 0 unspecified atom stereocenters. The molecule has 2 aromatic carbocycles. The molecular formula is C31H41N5O. The largest absolute Gasteiger partial charge is 0.368 e. The second kappa shape index (κ2) is 13.5. The van der Waals surface area contributed by atoms with Gasteiger partial charge in [-0.15, -0.1) is 0 Å². The first-order valence-electron chi connectivity index (χ1n) is 12.9. The number of nitrogens with two attached hydrogens (primary N) is 1. The van der Waals surface area contributed by atoms with Crippen molar-refractivity contribution in [2.75, 3.05) is 42.5 Å². The van der Waals surface area contributed by atoms with E-state index in [9.17, 15) is 4.79 Å². The minimum Gasteiger partial charge on any atom is -0.368 e. The van der Waals surface area contributed by atoms with Crippen LogP contribution in [0.5, 0.6) is 0 Å². The van der Waals surface area contributed by atoms with Gasteiger partial charge in [0.2, 0.25) is 6.41 Å². The van der Waals surface area contributed by atoms with Gasteiger partial charge in [0.1, 0.15) is 0 Å². The smallest absolute Gasteiger partial charge is 0.207 e. The Labute approximate surface area is 222 Å². The molecule has 2 aliphatic rings. The van der Waals surface area contributed by atoms with E-state index in [1.54, 1.807) is 0 Å². The van der Waals surface area contributed by atoms with E-state index in [4.69, 9.17) is 5.73 Å². The number of carbonyl (C=O) groups is 1. The van der Waals surface area contributed by atoms with E-state index in [2.05, 4.69) is 108 Å². The molecule has 6 nitrogen and oxygen atoms in total. The fourth-order valence-electron chi connectivity index (χ4n) is 4.27. The molecule has 0 aliphatic carbocycles. The molecule has 37 heavy (non-hydrogen) atoms. The van der Waals surface area contributed by atoms with Crippen molar-refractivity contribution >= 4 is 17.8 Å². The Kier molecular flexibility index (Phi) is 10.2. The van der Waals surface area contributed by atoms with E-state index in [1.165, 1.54) is 33.8 Å². The number of carbonyl (C=O) groups excluding carboxylic acids is 1. The van der Waals surface area contributed by atoms with Crippen LogP contribution in [0.4, 0.5) is 11.4 Å². The Hall–Kier alpha value is -3.77. The van der Waals surface area contributed by atoms with Gasteiger partial charge in [-0.2, -0.15) is 0 Å². The molecule has 0 aromatic heterocycles. The average Bonchev–Trinajstić information content (AvgIpc) is 2.93. The van der Waals surface area contributed by atoms with Crippen LogP contribution in [0.15, 0.2) is 96.0 Å². The van der Waals surface area contributed by atoms with Crippen LogP contribution in [0.2, 0.25) is 0 Å². The molecule has 196 valence electrons. The zero-order chi connectivity index (χ0) is 26.8. The van der Waals surface area contributed by atoms with Crippen LogP contribution in [-0.4, -0.2) is 44.0 Å². The van der Waals surface area contributed by atoms with Crippen LogP contribution < -0.4 is 20.9 Å². The maximum atomic E-state index is 10.3. The Morgan fingerprint density at radius 2 is 1.46 bits per heavy atom. The third kappa shape index (κ3) is 7.86. The van der Waals surface area contributed by atoms with E-state index in [0.29, 0.717) is 13.1 Å². The third-order valence-corrected chi connectivity index (χ3v) is 6.84. The predicted molar refractivity (Wildman–Crippen MR) is 156 cm³/mol. The number of anilines is 2. The molecule has 1 amide bonds. The molecule has 0 atom stereocenters. The van der Waals surface area contributed by atoms with E-state index in [1.807, 2.05) is 13.0 Å². The van der Waals surface area contributed by atoms with E-state index in [-0.39, 0.29) is 0 Å². The highest BCUT2D eigenvalue weighted by Gasteiger charge is 2.17. The molecule has 2 aromatic rings. The van der Waals surface area contributed by atoms with Gasteiger partial charge in [0.25, 0.3) is 0 Å². The van der Waals surface area contributed by atoms with E-state index >= 15 is 0 Å². The summed E-state index contributed by atoms with van der Waals surface area (Å²) in [5.41, 5.74) is 15.2. The van der Waals surface area contributed by atoms with Gasteiger partial charge in [0.05, 0.1) is 0 Å². The van der Waals surface area contributed by atoms with Gasteiger partial charge in [0, 0.05) is 68.2 Å². The Morgan fingerprint density at radius 3 is 1.97 bits per heavy atom. The number of nitrogens with zero attached hydrogens (tertiary/aromatic N) is 3. The van der Waals surface area contributed by atoms with Crippen molar-refractivity contribution in [1.82, 2.24) is 10.2 Å². The minimum absolute atomic E-state index is 0.588. The number of nitrogens with one attached hydrogen (secondary N) is 1. The zero-order valence-electron chi connectivity index (χ0n) is 22.7. The third-order valence-electron chi connectivity index (χ3n) is 6.84. The summed E-state index contributed by atoms with van der Waals surface area (Å²) in [5, 5.41) is 2.69. The molecule has 3 N–H and O–H groups in total. The molecular weight excluding hydrogens is 458 g/mol. The van der Waals surface area contributed by atoms with Gasteiger partial charge in [0.15, 0.2) is 0 Å². The molecule has 1 saturated heterocycles.